The SMILES string of the molecule is Nc1nc(-c2cccc3ccccc23)nc(C2CC2)c1I. The fraction of sp³-hybridized carbons (Fsp3) is 0.176. The van der Waals surface area contributed by atoms with Crippen LogP contribution >= 0.6 is 22.6 Å². The largest absolute Gasteiger partial charge is 0.383 e. The zero-order valence-corrected chi connectivity index (χ0v) is 13.5. The maximum absolute atomic E-state index is 6.11. The van der Waals surface area contributed by atoms with E-state index in [1.54, 1.807) is 0 Å². The Kier molecular flexibility index (Phi) is 3.06. The molecule has 0 amide bonds. The molecule has 4 rings (SSSR count). The summed E-state index contributed by atoms with van der Waals surface area (Å²) in [6.07, 6.45) is 2.42. The van der Waals surface area contributed by atoms with Crippen molar-refractivity contribution in [2.24, 2.45) is 0 Å². The van der Waals surface area contributed by atoms with Crippen LogP contribution in [0, 0.1) is 3.57 Å². The van der Waals surface area contributed by atoms with E-state index in [0.29, 0.717) is 11.7 Å². The van der Waals surface area contributed by atoms with Crippen molar-refractivity contribution in [2.45, 2.75) is 18.8 Å². The molecule has 1 aliphatic rings. The van der Waals surface area contributed by atoms with Gasteiger partial charge in [-0.1, -0.05) is 42.5 Å². The van der Waals surface area contributed by atoms with E-state index in [0.717, 1.165) is 20.7 Å². The summed E-state index contributed by atoms with van der Waals surface area (Å²) in [5, 5.41) is 2.37. The summed E-state index contributed by atoms with van der Waals surface area (Å²) in [5.74, 6) is 1.90. The minimum atomic E-state index is 0.566. The van der Waals surface area contributed by atoms with Gasteiger partial charge in [-0.25, -0.2) is 9.97 Å². The highest BCUT2D eigenvalue weighted by Gasteiger charge is 2.29. The zero-order valence-electron chi connectivity index (χ0n) is 11.4. The van der Waals surface area contributed by atoms with Gasteiger partial charge in [0.05, 0.1) is 9.26 Å². The van der Waals surface area contributed by atoms with Crippen LogP contribution in [0.1, 0.15) is 24.5 Å². The molecule has 1 fully saturated rings. The number of nitrogen functional groups attached to an aromatic ring is 1. The molecule has 0 unspecified atom stereocenters. The molecular formula is C17H14IN3. The van der Waals surface area contributed by atoms with Crippen molar-refractivity contribution in [1.29, 1.82) is 0 Å². The van der Waals surface area contributed by atoms with Crippen LogP contribution < -0.4 is 5.73 Å². The molecule has 0 bridgehead atoms. The van der Waals surface area contributed by atoms with Crippen molar-refractivity contribution in [3.8, 4) is 11.4 Å². The Labute approximate surface area is 136 Å². The van der Waals surface area contributed by atoms with Crippen LogP contribution in [0.4, 0.5) is 5.82 Å². The second-order valence-electron chi connectivity index (χ2n) is 5.43. The zero-order chi connectivity index (χ0) is 14.4. The van der Waals surface area contributed by atoms with Crippen LogP contribution in [-0.4, -0.2) is 9.97 Å². The van der Waals surface area contributed by atoms with Crippen molar-refractivity contribution in [3.05, 3.63) is 51.7 Å². The molecule has 0 saturated heterocycles. The molecule has 0 spiro atoms. The van der Waals surface area contributed by atoms with Gasteiger partial charge in [-0.05, 0) is 46.2 Å². The quantitative estimate of drug-likeness (QED) is 0.665. The molecule has 1 heterocycles. The minimum absolute atomic E-state index is 0.566. The average molecular weight is 387 g/mol. The summed E-state index contributed by atoms with van der Waals surface area (Å²) in [5.41, 5.74) is 8.28. The van der Waals surface area contributed by atoms with Crippen LogP contribution in [0.15, 0.2) is 42.5 Å². The second-order valence-corrected chi connectivity index (χ2v) is 6.51. The molecule has 3 nitrogen and oxygen atoms in total. The Morgan fingerprint density at radius 1 is 1.00 bits per heavy atom. The van der Waals surface area contributed by atoms with Gasteiger partial charge in [-0.3, -0.25) is 0 Å². The van der Waals surface area contributed by atoms with E-state index in [-0.39, 0.29) is 0 Å². The number of hydrogen-bond donors (Lipinski definition) is 1. The van der Waals surface area contributed by atoms with Gasteiger partial charge < -0.3 is 5.73 Å². The normalized spacial score (nSPS) is 14.5. The third-order valence-electron chi connectivity index (χ3n) is 3.90. The lowest BCUT2D eigenvalue weighted by Gasteiger charge is -2.10. The van der Waals surface area contributed by atoms with Gasteiger partial charge in [0.15, 0.2) is 5.82 Å². The van der Waals surface area contributed by atoms with E-state index in [4.69, 9.17) is 10.7 Å². The number of halogens is 1. The number of rotatable bonds is 2. The Morgan fingerprint density at radius 2 is 1.76 bits per heavy atom. The van der Waals surface area contributed by atoms with Gasteiger partial charge in [0, 0.05) is 11.5 Å². The first-order valence-corrected chi connectivity index (χ1v) is 8.13. The maximum atomic E-state index is 6.11. The third kappa shape index (κ3) is 2.27. The Morgan fingerprint density at radius 3 is 2.57 bits per heavy atom. The highest BCUT2D eigenvalue weighted by atomic mass is 127. The summed E-state index contributed by atoms with van der Waals surface area (Å²) >= 11 is 2.26. The van der Waals surface area contributed by atoms with Crippen LogP contribution in [0.2, 0.25) is 0 Å². The summed E-state index contributed by atoms with van der Waals surface area (Å²) in [6.45, 7) is 0. The standard InChI is InChI=1S/C17H14IN3/c18-14-15(11-8-9-11)20-17(21-16(14)19)13-7-3-5-10-4-1-2-6-12(10)13/h1-7,11H,8-9H2,(H2,19,20,21). The molecule has 1 aliphatic carbocycles. The summed E-state index contributed by atoms with van der Waals surface area (Å²) in [6, 6.07) is 14.5. The Bertz CT molecular complexity index is 835. The average Bonchev–Trinajstić information content (AvgIpc) is 3.34. The van der Waals surface area contributed by atoms with E-state index < -0.39 is 0 Å². The van der Waals surface area contributed by atoms with E-state index in [9.17, 15) is 0 Å². The van der Waals surface area contributed by atoms with E-state index in [1.165, 1.54) is 23.6 Å². The van der Waals surface area contributed by atoms with Crippen molar-refractivity contribution >= 4 is 39.2 Å². The fourth-order valence-electron chi connectivity index (χ4n) is 2.65. The number of nitrogens with zero attached hydrogens (tertiary/aromatic N) is 2. The summed E-state index contributed by atoms with van der Waals surface area (Å²) in [4.78, 5) is 9.34. The lowest BCUT2D eigenvalue weighted by Crippen LogP contribution is -2.04. The number of fused-ring (bicyclic) bond motifs is 1. The van der Waals surface area contributed by atoms with Gasteiger partial charge in [0.2, 0.25) is 0 Å². The molecular weight excluding hydrogens is 373 g/mol. The predicted octanol–water partition coefficient (Wildman–Crippen LogP) is 4.36. The van der Waals surface area contributed by atoms with Crippen LogP contribution in [0.25, 0.3) is 22.2 Å². The smallest absolute Gasteiger partial charge is 0.162 e. The molecule has 0 aliphatic heterocycles. The van der Waals surface area contributed by atoms with Crippen molar-refractivity contribution in [2.75, 3.05) is 5.73 Å². The number of nitrogens with two attached hydrogens (primary N) is 1. The molecule has 0 atom stereocenters. The van der Waals surface area contributed by atoms with Gasteiger partial charge in [-0.15, -0.1) is 0 Å². The molecule has 1 saturated carbocycles. The van der Waals surface area contributed by atoms with Gasteiger partial charge in [0.1, 0.15) is 5.82 Å². The first kappa shape index (κ1) is 13.0. The van der Waals surface area contributed by atoms with Gasteiger partial charge >= 0.3 is 0 Å². The minimum Gasteiger partial charge on any atom is -0.383 e. The van der Waals surface area contributed by atoms with Crippen LogP contribution in [0.3, 0.4) is 0 Å². The van der Waals surface area contributed by atoms with E-state index in [2.05, 4.69) is 51.8 Å². The Hall–Kier alpha value is -1.69. The maximum Gasteiger partial charge on any atom is 0.162 e. The van der Waals surface area contributed by atoms with Crippen molar-refractivity contribution < 1.29 is 0 Å². The second kappa shape index (κ2) is 4.94. The topological polar surface area (TPSA) is 51.8 Å². The van der Waals surface area contributed by atoms with Gasteiger partial charge in [-0.2, -0.15) is 0 Å². The molecule has 4 heteroatoms. The first-order chi connectivity index (χ1) is 10.2. The van der Waals surface area contributed by atoms with Crippen LogP contribution in [-0.2, 0) is 0 Å². The van der Waals surface area contributed by atoms with Crippen LogP contribution in [0.5, 0.6) is 0 Å². The number of aromatic nitrogens is 2. The predicted molar refractivity (Wildman–Crippen MR) is 94.1 cm³/mol. The number of benzene rings is 2. The molecule has 2 aromatic carbocycles. The summed E-state index contributed by atoms with van der Waals surface area (Å²) in [7, 11) is 0. The van der Waals surface area contributed by atoms with E-state index >= 15 is 0 Å². The van der Waals surface area contributed by atoms with Gasteiger partial charge in [0.25, 0.3) is 0 Å². The molecule has 3 aromatic rings. The molecule has 2 N–H and O–H groups in total. The number of hydrogen-bond acceptors (Lipinski definition) is 3. The summed E-state index contributed by atoms with van der Waals surface area (Å²) < 4.78 is 1.01. The first-order valence-electron chi connectivity index (χ1n) is 7.05. The molecule has 0 radical (unpaired) electrons. The Balaban J connectivity index is 1.96. The highest BCUT2D eigenvalue weighted by Crippen LogP contribution is 2.42. The van der Waals surface area contributed by atoms with E-state index in [1.807, 2.05) is 18.2 Å². The molecule has 21 heavy (non-hydrogen) atoms. The third-order valence-corrected chi connectivity index (χ3v) is 5.00. The highest BCUT2D eigenvalue weighted by molar-refractivity contribution is 14.1. The monoisotopic (exact) mass is 387 g/mol. The van der Waals surface area contributed by atoms with Crippen molar-refractivity contribution in [1.82, 2.24) is 9.97 Å². The van der Waals surface area contributed by atoms with Crippen molar-refractivity contribution in [3.63, 3.8) is 0 Å². The lowest BCUT2D eigenvalue weighted by molar-refractivity contribution is 0.984. The fourth-order valence-corrected chi connectivity index (χ4v) is 3.33. The lowest BCUT2D eigenvalue weighted by atomic mass is 10.0. The number of anilines is 1. The molecule has 1 aromatic heterocycles. The molecule has 104 valence electrons.